The molecule has 0 radical (unpaired) electrons. The Morgan fingerprint density at radius 1 is 1.22 bits per heavy atom. The standard InChI is InChI=1S/C22H18ClF2N3O4/c23-12-6-16-19(27-15(12)5-4-10-13(24)2-1-3-14(10)25)11(7-26)22(28-16)32-18-9-31-20-17(29)8-30-21(18)20/h1-3,6,17-18,20-21,28-29H,4-5,8-9H2/t17-,18-,20-,21-/m1/s1. The van der Waals surface area contributed by atoms with Crippen LogP contribution in [0.1, 0.15) is 16.8 Å². The Morgan fingerprint density at radius 2 is 1.97 bits per heavy atom. The average Bonchev–Trinajstić information content (AvgIpc) is 3.43. The van der Waals surface area contributed by atoms with Gasteiger partial charge in [-0.15, -0.1) is 0 Å². The molecule has 2 aromatic heterocycles. The second-order valence-electron chi connectivity index (χ2n) is 7.77. The molecule has 0 aliphatic carbocycles. The SMILES string of the molecule is N#Cc1c(O[C@@H]2CO[C@H]3[C@@H]2OC[C@H]3O)[nH]c2cc(Cl)c(CCc3c(F)cccc3F)nc12. The van der Waals surface area contributed by atoms with E-state index in [1.54, 1.807) is 6.07 Å². The van der Waals surface area contributed by atoms with E-state index in [2.05, 4.69) is 16.0 Å². The summed E-state index contributed by atoms with van der Waals surface area (Å²) >= 11 is 6.35. The van der Waals surface area contributed by atoms with Crippen molar-refractivity contribution >= 4 is 22.6 Å². The minimum atomic E-state index is -0.714. The number of hydrogen-bond acceptors (Lipinski definition) is 6. The first-order valence-corrected chi connectivity index (χ1v) is 10.5. The van der Waals surface area contributed by atoms with Crippen LogP contribution in [0.3, 0.4) is 0 Å². The maximum Gasteiger partial charge on any atom is 0.212 e. The molecular weight excluding hydrogens is 444 g/mol. The minimum Gasteiger partial charge on any atom is -0.469 e. The summed E-state index contributed by atoms with van der Waals surface area (Å²) in [5, 5.41) is 19.9. The number of aromatic nitrogens is 2. The monoisotopic (exact) mass is 461 g/mol. The predicted octanol–water partition coefficient (Wildman–Crippen LogP) is 3.06. The second kappa shape index (κ2) is 8.30. The number of aliphatic hydroxyl groups excluding tert-OH is 1. The zero-order valence-electron chi connectivity index (χ0n) is 16.6. The maximum absolute atomic E-state index is 13.9. The maximum atomic E-state index is 13.9. The number of halogens is 3. The molecule has 2 fully saturated rings. The summed E-state index contributed by atoms with van der Waals surface area (Å²) in [6.07, 6.45) is -1.87. The van der Waals surface area contributed by atoms with Gasteiger partial charge in [0.15, 0.2) is 6.10 Å². The summed E-state index contributed by atoms with van der Waals surface area (Å²) in [6, 6.07) is 7.40. The van der Waals surface area contributed by atoms with Crippen LogP contribution in [0, 0.1) is 23.0 Å². The van der Waals surface area contributed by atoms with E-state index in [-0.39, 0.29) is 43.1 Å². The van der Waals surface area contributed by atoms with Crippen LogP contribution in [-0.2, 0) is 22.3 Å². The summed E-state index contributed by atoms with van der Waals surface area (Å²) in [6.45, 7) is 0.371. The largest absolute Gasteiger partial charge is 0.469 e. The van der Waals surface area contributed by atoms with Gasteiger partial charge in [-0.3, -0.25) is 0 Å². The first-order valence-electron chi connectivity index (χ1n) is 10.1. The third-order valence-electron chi connectivity index (χ3n) is 5.80. The number of ether oxygens (including phenoxy) is 3. The number of rotatable bonds is 5. The molecule has 5 rings (SSSR count). The van der Waals surface area contributed by atoms with Gasteiger partial charge in [-0.25, -0.2) is 13.8 Å². The van der Waals surface area contributed by atoms with E-state index in [0.717, 1.165) is 0 Å². The predicted molar refractivity (Wildman–Crippen MR) is 109 cm³/mol. The summed E-state index contributed by atoms with van der Waals surface area (Å²) in [5.74, 6) is -1.07. The lowest BCUT2D eigenvalue weighted by Gasteiger charge is -2.16. The number of nitrogens with zero attached hydrogens (tertiary/aromatic N) is 2. The van der Waals surface area contributed by atoms with Crippen molar-refractivity contribution in [1.82, 2.24) is 9.97 Å². The molecule has 0 saturated carbocycles. The Balaban J connectivity index is 1.42. The Labute approximate surface area is 186 Å². The van der Waals surface area contributed by atoms with E-state index in [0.29, 0.717) is 21.7 Å². The smallest absolute Gasteiger partial charge is 0.212 e. The summed E-state index contributed by atoms with van der Waals surface area (Å²) < 4.78 is 45.0. The molecule has 166 valence electrons. The molecule has 10 heteroatoms. The molecule has 0 spiro atoms. The number of nitriles is 1. The van der Waals surface area contributed by atoms with Gasteiger partial charge in [0.1, 0.15) is 47.1 Å². The van der Waals surface area contributed by atoms with Crippen molar-refractivity contribution in [3.05, 3.63) is 57.7 Å². The van der Waals surface area contributed by atoms with E-state index < -0.39 is 36.1 Å². The van der Waals surface area contributed by atoms with Crippen LogP contribution in [0.5, 0.6) is 5.88 Å². The highest BCUT2D eigenvalue weighted by Crippen LogP contribution is 2.34. The van der Waals surface area contributed by atoms with Crippen LogP contribution in [0.15, 0.2) is 24.3 Å². The van der Waals surface area contributed by atoms with Crippen molar-refractivity contribution in [2.45, 2.75) is 37.3 Å². The van der Waals surface area contributed by atoms with E-state index in [9.17, 15) is 19.1 Å². The van der Waals surface area contributed by atoms with Gasteiger partial charge in [0.05, 0.1) is 29.4 Å². The summed E-state index contributed by atoms with van der Waals surface area (Å²) in [4.78, 5) is 7.49. The molecule has 2 N–H and O–H groups in total. The van der Waals surface area contributed by atoms with Gasteiger partial charge >= 0.3 is 0 Å². The number of nitrogens with one attached hydrogen (secondary N) is 1. The van der Waals surface area contributed by atoms with Gasteiger partial charge in [-0.05, 0) is 31.0 Å². The van der Waals surface area contributed by atoms with E-state index >= 15 is 0 Å². The quantitative estimate of drug-likeness (QED) is 0.605. The molecule has 7 nitrogen and oxygen atoms in total. The molecule has 4 atom stereocenters. The Hall–Kier alpha value is -2.77. The topological polar surface area (TPSA) is 100 Å². The lowest BCUT2D eigenvalue weighted by atomic mass is 10.1. The molecule has 2 aliphatic rings. The summed E-state index contributed by atoms with van der Waals surface area (Å²) in [7, 11) is 0. The van der Waals surface area contributed by atoms with Crippen molar-refractivity contribution < 1.29 is 28.1 Å². The van der Waals surface area contributed by atoms with Gasteiger partial charge in [0.2, 0.25) is 5.88 Å². The highest BCUT2D eigenvalue weighted by atomic mass is 35.5. The fourth-order valence-electron chi connectivity index (χ4n) is 4.18. The van der Waals surface area contributed by atoms with Crippen LogP contribution in [0.25, 0.3) is 11.0 Å². The third kappa shape index (κ3) is 3.59. The molecule has 4 heterocycles. The molecule has 1 aromatic carbocycles. The second-order valence-corrected chi connectivity index (χ2v) is 8.18. The molecule has 0 amide bonds. The minimum absolute atomic E-state index is 0.0430. The van der Waals surface area contributed by atoms with Crippen LogP contribution >= 0.6 is 11.6 Å². The number of aliphatic hydroxyl groups is 1. The van der Waals surface area contributed by atoms with Gasteiger partial charge in [-0.2, -0.15) is 5.26 Å². The van der Waals surface area contributed by atoms with Gasteiger partial charge in [0, 0.05) is 5.56 Å². The third-order valence-corrected chi connectivity index (χ3v) is 6.12. The highest BCUT2D eigenvalue weighted by Gasteiger charge is 2.48. The zero-order chi connectivity index (χ0) is 22.4. The van der Waals surface area contributed by atoms with E-state index in [1.807, 2.05) is 0 Å². The van der Waals surface area contributed by atoms with Crippen LogP contribution in [0.4, 0.5) is 8.78 Å². The van der Waals surface area contributed by atoms with E-state index in [1.165, 1.54) is 18.2 Å². The Morgan fingerprint density at radius 3 is 2.72 bits per heavy atom. The van der Waals surface area contributed by atoms with Crippen molar-refractivity contribution in [2.75, 3.05) is 13.2 Å². The number of aromatic amines is 1. The number of hydrogen-bond donors (Lipinski definition) is 2. The van der Waals surface area contributed by atoms with Crippen molar-refractivity contribution in [2.24, 2.45) is 0 Å². The van der Waals surface area contributed by atoms with Crippen LogP contribution < -0.4 is 4.74 Å². The zero-order valence-corrected chi connectivity index (χ0v) is 17.4. The number of aryl methyl sites for hydroxylation is 1. The number of H-pyrrole nitrogens is 1. The Kier molecular flexibility index (Phi) is 5.47. The van der Waals surface area contributed by atoms with Crippen molar-refractivity contribution in [1.29, 1.82) is 5.26 Å². The normalized spacial score (nSPS) is 24.6. The van der Waals surface area contributed by atoms with E-state index in [4.69, 9.17) is 25.8 Å². The van der Waals surface area contributed by atoms with Crippen LogP contribution in [-0.4, -0.2) is 52.7 Å². The summed E-state index contributed by atoms with van der Waals surface area (Å²) in [5.41, 5.74) is 1.38. The number of fused-ring (bicyclic) bond motifs is 2. The first kappa shape index (κ1) is 21.1. The van der Waals surface area contributed by atoms with Crippen LogP contribution in [0.2, 0.25) is 5.02 Å². The van der Waals surface area contributed by atoms with Crippen molar-refractivity contribution in [3.63, 3.8) is 0 Å². The average molecular weight is 462 g/mol. The molecular formula is C22H18ClF2N3O4. The molecule has 32 heavy (non-hydrogen) atoms. The highest BCUT2D eigenvalue weighted by molar-refractivity contribution is 6.31. The lowest BCUT2D eigenvalue weighted by molar-refractivity contribution is 0.00789. The lowest BCUT2D eigenvalue weighted by Crippen LogP contribution is -2.34. The number of benzene rings is 1. The van der Waals surface area contributed by atoms with Gasteiger partial charge in [0.25, 0.3) is 0 Å². The fourth-order valence-corrected chi connectivity index (χ4v) is 4.43. The molecule has 0 unspecified atom stereocenters. The molecule has 2 saturated heterocycles. The molecule has 3 aromatic rings. The molecule has 2 aliphatic heterocycles. The van der Waals surface area contributed by atoms with Gasteiger partial charge < -0.3 is 24.3 Å². The first-order chi connectivity index (χ1) is 15.5. The number of pyridine rings is 1. The van der Waals surface area contributed by atoms with Gasteiger partial charge in [-0.1, -0.05) is 17.7 Å². The fraction of sp³-hybridized carbons (Fsp3) is 0.364. The molecule has 0 bridgehead atoms. The van der Waals surface area contributed by atoms with Crippen molar-refractivity contribution in [3.8, 4) is 11.9 Å². The Bertz CT molecular complexity index is 1210.